The average molecular weight is 380 g/mol. The fourth-order valence-electron chi connectivity index (χ4n) is 3.12. The van der Waals surface area contributed by atoms with Crippen LogP contribution in [0.5, 0.6) is 0 Å². The SMILES string of the molecule is Cc1ccc(-c2nnn(CCCn3c(=O)c4c(ncn4C)n(C)c3=O)n2)cc1. The van der Waals surface area contributed by atoms with Crippen LogP contribution in [0.3, 0.4) is 0 Å². The monoisotopic (exact) mass is 380 g/mol. The predicted molar refractivity (Wildman–Crippen MR) is 103 cm³/mol. The lowest BCUT2D eigenvalue weighted by molar-refractivity contribution is 0.457. The van der Waals surface area contributed by atoms with Gasteiger partial charge < -0.3 is 4.57 Å². The Balaban J connectivity index is 1.52. The molecule has 3 aromatic heterocycles. The van der Waals surface area contributed by atoms with E-state index in [4.69, 9.17) is 0 Å². The van der Waals surface area contributed by atoms with E-state index in [2.05, 4.69) is 20.4 Å². The molecular formula is C18H20N8O2. The van der Waals surface area contributed by atoms with Gasteiger partial charge in [-0.05, 0) is 18.6 Å². The molecule has 28 heavy (non-hydrogen) atoms. The second kappa shape index (κ2) is 6.87. The minimum atomic E-state index is -0.386. The Morgan fingerprint density at radius 3 is 2.54 bits per heavy atom. The smallest absolute Gasteiger partial charge is 0.328 e. The van der Waals surface area contributed by atoms with E-state index in [1.165, 1.54) is 20.3 Å². The molecule has 0 bridgehead atoms. The summed E-state index contributed by atoms with van der Waals surface area (Å²) in [7, 11) is 3.35. The molecule has 4 aromatic rings. The average Bonchev–Trinajstić information content (AvgIpc) is 3.30. The van der Waals surface area contributed by atoms with Gasteiger partial charge in [-0.25, -0.2) is 9.78 Å². The first-order valence-electron chi connectivity index (χ1n) is 8.91. The van der Waals surface area contributed by atoms with Crippen molar-refractivity contribution < 1.29 is 0 Å². The molecule has 0 unspecified atom stereocenters. The second-order valence-electron chi connectivity index (χ2n) is 6.75. The van der Waals surface area contributed by atoms with Gasteiger partial charge in [-0.1, -0.05) is 29.8 Å². The van der Waals surface area contributed by atoms with Crippen molar-refractivity contribution in [1.82, 2.24) is 38.9 Å². The van der Waals surface area contributed by atoms with Gasteiger partial charge in [0.2, 0.25) is 5.82 Å². The molecule has 0 saturated carbocycles. The van der Waals surface area contributed by atoms with Gasteiger partial charge in [0.25, 0.3) is 5.56 Å². The van der Waals surface area contributed by atoms with Crippen LogP contribution in [0.25, 0.3) is 22.6 Å². The molecule has 0 atom stereocenters. The van der Waals surface area contributed by atoms with E-state index in [1.54, 1.807) is 18.7 Å². The fraction of sp³-hybridized carbons (Fsp3) is 0.333. The Labute approximate surface area is 159 Å². The van der Waals surface area contributed by atoms with Crippen LogP contribution >= 0.6 is 0 Å². The third kappa shape index (κ3) is 3.02. The van der Waals surface area contributed by atoms with Gasteiger partial charge in [0.05, 0.1) is 12.9 Å². The summed E-state index contributed by atoms with van der Waals surface area (Å²) in [5, 5.41) is 12.5. The summed E-state index contributed by atoms with van der Waals surface area (Å²) in [5.74, 6) is 0.546. The Kier molecular flexibility index (Phi) is 4.38. The lowest BCUT2D eigenvalue weighted by atomic mass is 10.1. The topological polar surface area (TPSA) is 105 Å². The molecular weight excluding hydrogens is 360 g/mol. The highest BCUT2D eigenvalue weighted by Gasteiger charge is 2.14. The van der Waals surface area contributed by atoms with E-state index in [0.29, 0.717) is 30.0 Å². The predicted octanol–water partition coefficient (Wildman–Crippen LogP) is 0.486. The Hall–Kier alpha value is -3.56. The molecule has 0 amide bonds. The number of hydrogen-bond donors (Lipinski definition) is 0. The van der Waals surface area contributed by atoms with Crippen molar-refractivity contribution >= 4 is 11.2 Å². The molecule has 0 aliphatic carbocycles. The van der Waals surface area contributed by atoms with Crippen LogP contribution in [0.15, 0.2) is 40.2 Å². The van der Waals surface area contributed by atoms with Gasteiger partial charge in [0.1, 0.15) is 0 Å². The van der Waals surface area contributed by atoms with E-state index in [0.717, 1.165) is 11.1 Å². The summed E-state index contributed by atoms with van der Waals surface area (Å²) in [4.78, 5) is 30.8. The first-order valence-corrected chi connectivity index (χ1v) is 8.91. The number of tetrazole rings is 1. The lowest BCUT2D eigenvalue weighted by Crippen LogP contribution is -2.39. The van der Waals surface area contributed by atoms with E-state index in [-0.39, 0.29) is 17.8 Å². The van der Waals surface area contributed by atoms with E-state index >= 15 is 0 Å². The molecule has 10 heteroatoms. The Morgan fingerprint density at radius 1 is 1.04 bits per heavy atom. The van der Waals surface area contributed by atoms with Crippen LogP contribution in [-0.4, -0.2) is 38.9 Å². The highest BCUT2D eigenvalue weighted by molar-refractivity contribution is 5.69. The fourth-order valence-corrected chi connectivity index (χ4v) is 3.12. The van der Waals surface area contributed by atoms with Crippen LogP contribution < -0.4 is 11.2 Å². The van der Waals surface area contributed by atoms with Crippen LogP contribution in [-0.2, 0) is 27.2 Å². The first kappa shape index (κ1) is 17.8. The van der Waals surface area contributed by atoms with Crippen molar-refractivity contribution in [3.63, 3.8) is 0 Å². The number of fused-ring (bicyclic) bond motifs is 1. The van der Waals surface area contributed by atoms with Crippen LogP contribution in [0.4, 0.5) is 0 Å². The van der Waals surface area contributed by atoms with Crippen molar-refractivity contribution in [3.05, 3.63) is 57.0 Å². The minimum absolute atomic E-state index is 0.258. The summed E-state index contributed by atoms with van der Waals surface area (Å²) >= 11 is 0. The maximum atomic E-state index is 12.7. The van der Waals surface area contributed by atoms with E-state index < -0.39 is 0 Å². The van der Waals surface area contributed by atoms with Crippen LogP contribution in [0.1, 0.15) is 12.0 Å². The van der Waals surface area contributed by atoms with Gasteiger partial charge in [-0.3, -0.25) is 13.9 Å². The van der Waals surface area contributed by atoms with Gasteiger partial charge in [-0.15, -0.1) is 10.2 Å². The maximum Gasteiger partial charge on any atom is 0.332 e. The largest absolute Gasteiger partial charge is 0.332 e. The van der Waals surface area contributed by atoms with Crippen molar-refractivity contribution in [3.8, 4) is 11.4 Å². The van der Waals surface area contributed by atoms with Gasteiger partial charge in [0, 0.05) is 26.2 Å². The van der Waals surface area contributed by atoms with Gasteiger partial charge >= 0.3 is 5.69 Å². The van der Waals surface area contributed by atoms with Crippen LogP contribution in [0.2, 0.25) is 0 Å². The molecule has 0 radical (unpaired) electrons. The number of hydrogen-bond acceptors (Lipinski definition) is 6. The molecule has 0 N–H and O–H groups in total. The first-order chi connectivity index (χ1) is 13.5. The standard InChI is InChI=1S/C18H20N8O2/c1-12-5-7-13(8-6-12)15-20-22-26(21-15)10-4-9-25-17(27)14-16(19-11-23(14)2)24(3)18(25)28/h5-8,11H,4,9-10H2,1-3H3. The molecule has 4 rings (SSSR count). The van der Waals surface area contributed by atoms with Crippen molar-refractivity contribution in [1.29, 1.82) is 0 Å². The lowest BCUT2D eigenvalue weighted by Gasteiger charge is -2.08. The normalized spacial score (nSPS) is 11.4. The molecule has 10 nitrogen and oxygen atoms in total. The molecule has 0 fully saturated rings. The highest BCUT2D eigenvalue weighted by atomic mass is 16.2. The van der Waals surface area contributed by atoms with Crippen LogP contribution in [0, 0.1) is 6.92 Å². The zero-order chi connectivity index (χ0) is 19.8. The highest BCUT2D eigenvalue weighted by Crippen LogP contribution is 2.14. The van der Waals surface area contributed by atoms with E-state index in [1.807, 2.05) is 31.2 Å². The van der Waals surface area contributed by atoms with Crippen molar-refractivity contribution in [2.75, 3.05) is 0 Å². The minimum Gasteiger partial charge on any atom is -0.328 e. The molecule has 144 valence electrons. The van der Waals surface area contributed by atoms with Crippen molar-refractivity contribution in [2.24, 2.45) is 14.1 Å². The number of rotatable bonds is 5. The van der Waals surface area contributed by atoms with Gasteiger partial charge in [0.15, 0.2) is 11.2 Å². The number of aromatic nitrogens is 8. The molecule has 0 spiro atoms. The summed E-state index contributed by atoms with van der Waals surface area (Å²) < 4.78 is 4.24. The number of imidazole rings is 1. The zero-order valence-corrected chi connectivity index (χ0v) is 15.9. The summed E-state index contributed by atoms with van der Waals surface area (Å²) in [6.07, 6.45) is 2.05. The second-order valence-corrected chi connectivity index (χ2v) is 6.75. The number of aryl methyl sites for hydroxylation is 4. The summed E-state index contributed by atoms with van der Waals surface area (Å²) in [5.41, 5.74) is 2.11. The molecule has 1 aromatic carbocycles. The maximum absolute atomic E-state index is 12.7. The van der Waals surface area contributed by atoms with Crippen molar-refractivity contribution in [2.45, 2.75) is 26.4 Å². The molecule has 0 aliphatic heterocycles. The third-order valence-corrected chi connectivity index (χ3v) is 4.70. The van der Waals surface area contributed by atoms with E-state index in [9.17, 15) is 9.59 Å². The molecule has 3 heterocycles. The number of nitrogens with zero attached hydrogens (tertiary/aromatic N) is 8. The summed E-state index contributed by atoms with van der Waals surface area (Å²) in [6.45, 7) is 2.72. The van der Waals surface area contributed by atoms with Gasteiger partial charge in [-0.2, -0.15) is 4.80 Å². The Morgan fingerprint density at radius 2 is 1.79 bits per heavy atom. The Bertz CT molecular complexity index is 1260. The third-order valence-electron chi connectivity index (χ3n) is 4.70. The quantitative estimate of drug-likeness (QED) is 0.499. The molecule has 0 saturated heterocycles. The molecule has 0 aliphatic rings. The number of benzene rings is 1. The summed E-state index contributed by atoms with van der Waals surface area (Å²) in [6, 6.07) is 7.88. The zero-order valence-electron chi connectivity index (χ0n) is 15.9.